The molecular weight excluding hydrogens is 547 g/mol. The smallest absolute Gasteiger partial charge is 0.226 e. The highest BCUT2D eigenvalue weighted by atomic mass is 79.9. The highest BCUT2D eigenvalue weighted by Crippen LogP contribution is 2.52. The summed E-state index contributed by atoms with van der Waals surface area (Å²) in [5.41, 5.74) is 4.53. The van der Waals surface area contributed by atoms with Gasteiger partial charge in [-0.25, -0.2) is 4.68 Å². The van der Waals surface area contributed by atoms with Gasteiger partial charge in [-0.1, -0.05) is 68.9 Å². The topological polar surface area (TPSA) is 52.0 Å². The van der Waals surface area contributed by atoms with Gasteiger partial charge in [-0.05, 0) is 53.6 Å². The molecule has 0 unspecified atom stereocenters. The average molecular weight is 561 g/mol. The van der Waals surface area contributed by atoms with Crippen molar-refractivity contribution in [2.45, 2.75) is 12.1 Å². The Balaban J connectivity index is 1.65. The number of rotatable bonds is 2. The van der Waals surface area contributed by atoms with Crippen molar-refractivity contribution in [1.82, 2.24) is 14.8 Å². The van der Waals surface area contributed by atoms with Gasteiger partial charge in [0.2, 0.25) is 5.95 Å². The lowest BCUT2D eigenvalue weighted by Gasteiger charge is -2.39. The van der Waals surface area contributed by atoms with Gasteiger partial charge in [0.1, 0.15) is 24.2 Å². The predicted octanol–water partition coefficient (Wildman–Crippen LogP) is 7.56. The van der Waals surface area contributed by atoms with Crippen molar-refractivity contribution in [3.05, 3.63) is 109 Å². The lowest BCUT2D eigenvalue weighted by molar-refractivity contribution is 0.223. The predicted molar refractivity (Wildman–Crippen MR) is 134 cm³/mol. The molecule has 0 saturated heterocycles. The van der Waals surface area contributed by atoms with Gasteiger partial charge in [0.25, 0.3) is 0 Å². The third-order valence-corrected chi connectivity index (χ3v) is 7.13. The molecule has 0 amide bonds. The Morgan fingerprint density at radius 2 is 1.70 bits per heavy atom. The van der Waals surface area contributed by atoms with Crippen LogP contribution in [0.5, 0.6) is 5.75 Å². The average Bonchev–Trinajstić information content (AvgIpc) is 3.27. The minimum absolute atomic E-state index is 0.371. The second-order valence-electron chi connectivity index (χ2n) is 7.74. The van der Waals surface area contributed by atoms with Gasteiger partial charge in [0.05, 0.1) is 5.70 Å². The quantitative estimate of drug-likeness (QED) is 0.275. The van der Waals surface area contributed by atoms with Crippen molar-refractivity contribution in [1.29, 1.82) is 0 Å². The van der Waals surface area contributed by atoms with E-state index in [0.29, 0.717) is 21.0 Å². The molecule has 1 N–H and O–H groups in total. The van der Waals surface area contributed by atoms with E-state index >= 15 is 0 Å². The normalized spacial score (nSPS) is 18.7. The van der Waals surface area contributed by atoms with E-state index in [1.165, 1.54) is 6.33 Å². The van der Waals surface area contributed by atoms with Crippen molar-refractivity contribution in [3.63, 3.8) is 0 Å². The maximum absolute atomic E-state index is 6.71. The van der Waals surface area contributed by atoms with Crippen LogP contribution < -0.4 is 10.1 Å². The molecule has 2 aliphatic rings. The van der Waals surface area contributed by atoms with E-state index in [0.717, 1.165) is 38.2 Å². The minimum Gasteiger partial charge on any atom is -0.480 e. The van der Waals surface area contributed by atoms with Gasteiger partial charge in [-0.3, -0.25) is 0 Å². The zero-order valence-corrected chi connectivity index (χ0v) is 20.6. The number of benzene rings is 3. The molecule has 3 heterocycles. The van der Waals surface area contributed by atoms with Crippen molar-refractivity contribution in [3.8, 4) is 5.75 Å². The summed E-state index contributed by atoms with van der Waals surface area (Å²) in [5, 5.41) is 9.68. The van der Waals surface area contributed by atoms with E-state index in [1.54, 1.807) is 6.07 Å². The maximum atomic E-state index is 6.71. The van der Waals surface area contributed by atoms with E-state index in [9.17, 15) is 0 Å². The largest absolute Gasteiger partial charge is 0.480 e. The van der Waals surface area contributed by atoms with Crippen molar-refractivity contribution in [2.24, 2.45) is 0 Å². The summed E-state index contributed by atoms with van der Waals surface area (Å²) in [5.74, 6) is 1.33. The second-order valence-corrected chi connectivity index (χ2v) is 9.94. The van der Waals surface area contributed by atoms with Crippen LogP contribution in [0.2, 0.25) is 15.1 Å². The number of anilines is 1. The van der Waals surface area contributed by atoms with E-state index in [1.807, 2.05) is 59.3 Å². The van der Waals surface area contributed by atoms with Gasteiger partial charge in [0, 0.05) is 30.7 Å². The van der Waals surface area contributed by atoms with Crippen LogP contribution in [0.4, 0.5) is 5.95 Å². The first-order valence-electron chi connectivity index (χ1n) is 10.1. The van der Waals surface area contributed by atoms with E-state index in [4.69, 9.17) is 39.5 Å². The molecule has 2 aliphatic heterocycles. The third-order valence-electron chi connectivity index (χ3n) is 5.81. The van der Waals surface area contributed by atoms with Crippen LogP contribution in [0.3, 0.4) is 0 Å². The summed E-state index contributed by atoms with van der Waals surface area (Å²) in [6, 6.07) is 18.8. The second kappa shape index (κ2) is 8.06. The van der Waals surface area contributed by atoms with Gasteiger partial charge >= 0.3 is 0 Å². The summed E-state index contributed by atoms with van der Waals surface area (Å²) in [6.45, 7) is 0. The molecule has 3 aromatic carbocycles. The Morgan fingerprint density at radius 1 is 0.939 bits per heavy atom. The van der Waals surface area contributed by atoms with Gasteiger partial charge in [-0.2, -0.15) is 10.1 Å². The first-order valence-corrected chi connectivity index (χ1v) is 12.0. The molecule has 6 rings (SSSR count). The Hall–Kier alpha value is -2.51. The Kier molecular flexibility index (Phi) is 5.14. The van der Waals surface area contributed by atoms with Crippen molar-refractivity contribution < 1.29 is 4.74 Å². The molecule has 2 atom stereocenters. The Labute approximate surface area is 213 Å². The summed E-state index contributed by atoms with van der Waals surface area (Å²) in [6.07, 6.45) is 1.12. The molecule has 9 heteroatoms. The minimum atomic E-state index is -0.400. The van der Waals surface area contributed by atoms with Crippen molar-refractivity contribution >= 4 is 62.4 Å². The molecule has 164 valence electrons. The standard InChI is InChI=1S/C24H14BrCl3N4O/c25-13-3-1-12(2-4-13)23-20-21(17-9-14(26)6-8-19(17)33-23)31-24-29-11-30-32(24)22(20)16-7-5-15(27)10-18(16)28/h1-11,22-23H,(H,29,30,31)/t22-,23-/m0/s1. The molecule has 0 bridgehead atoms. The summed E-state index contributed by atoms with van der Waals surface area (Å²) >= 11 is 22.8. The van der Waals surface area contributed by atoms with E-state index < -0.39 is 6.10 Å². The highest BCUT2D eigenvalue weighted by Gasteiger charge is 2.41. The zero-order chi connectivity index (χ0) is 22.7. The molecule has 5 nitrogen and oxygen atoms in total. The lowest BCUT2D eigenvalue weighted by Crippen LogP contribution is -2.32. The van der Waals surface area contributed by atoms with Gasteiger partial charge < -0.3 is 10.1 Å². The van der Waals surface area contributed by atoms with Crippen LogP contribution in [0.15, 0.2) is 77.0 Å². The molecule has 0 radical (unpaired) electrons. The van der Waals surface area contributed by atoms with Crippen LogP contribution in [-0.2, 0) is 0 Å². The van der Waals surface area contributed by atoms with Crippen LogP contribution in [0.25, 0.3) is 5.70 Å². The number of ether oxygens (including phenoxy) is 1. The number of nitrogens with zero attached hydrogens (tertiary/aromatic N) is 3. The number of hydrogen-bond donors (Lipinski definition) is 1. The van der Waals surface area contributed by atoms with Crippen LogP contribution in [-0.4, -0.2) is 14.8 Å². The first-order chi connectivity index (χ1) is 16.0. The molecule has 1 aromatic heterocycles. The highest BCUT2D eigenvalue weighted by molar-refractivity contribution is 9.10. The van der Waals surface area contributed by atoms with Gasteiger partial charge in [0.15, 0.2) is 0 Å². The van der Waals surface area contributed by atoms with Gasteiger partial charge in [-0.15, -0.1) is 0 Å². The third kappa shape index (κ3) is 3.53. The SMILES string of the molecule is Clc1ccc([C@H]2C3=C(Nc4ncnn42)c2cc(Cl)ccc2O[C@H]3c2ccc(Br)cc2)c(Cl)c1. The first kappa shape index (κ1) is 21.1. The monoisotopic (exact) mass is 558 g/mol. The number of nitrogens with one attached hydrogen (secondary N) is 1. The fourth-order valence-electron chi connectivity index (χ4n) is 4.38. The number of aromatic nitrogens is 3. The maximum Gasteiger partial charge on any atom is 0.226 e. The summed E-state index contributed by atoms with van der Waals surface area (Å²) < 4.78 is 9.39. The zero-order valence-electron chi connectivity index (χ0n) is 16.8. The van der Waals surface area contributed by atoms with Crippen molar-refractivity contribution in [2.75, 3.05) is 5.32 Å². The molecule has 0 aliphatic carbocycles. The Bertz CT molecular complexity index is 1430. The number of hydrogen-bond acceptors (Lipinski definition) is 4. The molecule has 33 heavy (non-hydrogen) atoms. The molecule has 0 spiro atoms. The molecule has 0 fully saturated rings. The van der Waals surface area contributed by atoms with E-state index in [2.05, 4.69) is 31.3 Å². The fraction of sp³-hybridized carbons (Fsp3) is 0.0833. The van der Waals surface area contributed by atoms with E-state index in [-0.39, 0.29) is 6.04 Å². The number of fused-ring (bicyclic) bond motifs is 3. The summed E-state index contributed by atoms with van der Waals surface area (Å²) in [4.78, 5) is 4.43. The van der Waals surface area contributed by atoms with Crippen LogP contribution >= 0.6 is 50.7 Å². The summed E-state index contributed by atoms with van der Waals surface area (Å²) in [7, 11) is 0. The van der Waals surface area contributed by atoms with Crippen LogP contribution in [0.1, 0.15) is 28.8 Å². The lowest BCUT2D eigenvalue weighted by atomic mass is 9.84. The Morgan fingerprint density at radius 3 is 2.48 bits per heavy atom. The fourth-order valence-corrected chi connectivity index (χ4v) is 5.33. The van der Waals surface area contributed by atoms with Crippen LogP contribution in [0, 0.1) is 0 Å². The molecule has 0 saturated carbocycles. The molecular formula is C24H14BrCl3N4O. The molecule has 4 aromatic rings. The number of halogens is 4.